The van der Waals surface area contributed by atoms with Crippen LogP contribution >= 0.6 is 23.1 Å². The number of hydrogen-bond acceptors (Lipinski definition) is 4. The lowest BCUT2D eigenvalue weighted by Crippen LogP contribution is -2.32. The molecular formula is C20H20N2OS2. The molecule has 1 aliphatic rings. The predicted octanol–water partition coefficient (Wildman–Crippen LogP) is 4.93. The van der Waals surface area contributed by atoms with Gasteiger partial charge in [0.15, 0.2) is 0 Å². The average Bonchev–Trinajstić information content (AvgIpc) is 2.97. The quantitative estimate of drug-likeness (QED) is 0.643. The topological polar surface area (TPSA) is 33.2 Å². The number of thiazole rings is 1. The van der Waals surface area contributed by atoms with Crippen LogP contribution in [0.15, 0.2) is 48.0 Å². The predicted molar refractivity (Wildman–Crippen MR) is 107 cm³/mol. The summed E-state index contributed by atoms with van der Waals surface area (Å²) < 4.78 is 1.08. The van der Waals surface area contributed by atoms with Gasteiger partial charge in [-0.25, -0.2) is 4.98 Å². The minimum absolute atomic E-state index is 0.140. The highest BCUT2D eigenvalue weighted by Crippen LogP contribution is 2.36. The first kappa shape index (κ1) is 16.6. The van der Waals surface area contributed by atoms with Crippen molar-refractivity contribution >= 4 is 39.2 Å². The fourth-order valence-corrected chi connectivity index (χ4v) is 5.38. The molecule has 1 aromatic heterocycles. The molecular weight excluding hydrogens is 348 g/mol. The smallest absolute Gasteiger partial charge is 0.253 e. The number of benzene rings is 2. The number of thioether (sulfide) groups is 1. The Morgan fingerprint density at radius 2 is 2.08 bits per heavy atom. The molecule has 0 spiro atoms. The standard InChI is InChI=1S/C20H20N2OS2/c1-14-4-2-3-5-16(14)18-8-9-22(10-11-24-18)20(23)15-6-7-17-19(12-15)25-13-21-17/h2-7,12-13,18H,8-11H2,1H3/t18-/m0/s1. The highest BCUT2D eigenvalue weighted by molar-refractivity contribution is 7.99. The van der Waals surface area contributed by atoms with Crippen LogP contribution in [0, 0.1) is 6.92 Å². The third-order valence-corrected chi connectivity index (χ3v) is 6.84. The third kappa shape index (κ3) is 3.44. The largest absolute Gasteiger partial charge is 0.338 e. The van der Waals surface area contributed by atoms with E-state index in [0.717, 1.165) is 41.0 Å². The normalized spacial score (nSPS) is 18.3. The minimum Gasteiger partial charge on any atom is -0.338 e. The van der Waals surface area contributed by atoms with Crippen LogP contribution in [0.1, 0.15) is 33.2 Å². The number of carbonyl (C=O) groups excluding carboxylic acids is 1. The Kier molecular flexibility index (Phi) is 4.77. The van der Waals surface area contributed by atoms with Crippen molar-refractivity contribution in [3.63, 3.8) is 0 Å². The first-order valence-corrected chi connectivity index (χ1v) is 10.4. The van der Waals surface area contributed by atoms with Gasteiger partial charge in [-0.05, 0) is 42.7 Å². The molecule has 25 heavy (non-hydrogen) atoms. The maximum absolute atomic E-state index is 12.9. The van der Waals surface area contributed by atoms with Crippen molar-refractivity contribution in [2.24, 2.45) is 0 Å². The number of aryl methyl sites for hydroxylation is 1. The fourth-order valence-electron chi connectivity index (χ4n) is 3.34. The van der Waals surface area contributed by atoms with E-state index in [9.17, 15) is 4.79 Å². The van der Waals surface area contributed by atoms with Gasteiger partial charge >= 0.3 is 0 Å². The van der Waals surface area contributed by atoms with Crippen molar-refractivity contribution in [1.29, 1.82) is 0 Å². The molecule has 5 heteroatoms. The second-order valence-corrected chi connectivity index (χ2v) is 8.53. The molecule has 3 aromatic rings. The van der Waals surface area contributed by atoms with Gasteiger partial charge in [0, 0.05) is 29.7 Å². The van der Waals surface area contributed by atoms with Gasteiger partial charge in [0.25, 0.3) is 5.91 Å². The molecule has 0 bridgehead atoms. The summed E-state index contributed by atoms with van der Waals surface area (Å²) in [6.07, 6.45) is 1.00. The second kappa shape index (κ2) is 7.18. The van der Waals surface area contributed by atoms with Crippen molar-refractivity contribution < 1.29 is 4.79 Å². The summed E-state index contributed by atoms with van der Waals surface area (Å²) >= 11 is 3.55. The Bertz CT molecular complexity index is 905. The highest BCUT2D eigenvalue weighted by Gasteiger charge is 2.23. The van der Waals surface area contributed by atoms with Crippen LogP contribution in [-0.2, 0) is 0 Å². The number of aromatic nitrogens is 1. The Morgan fingerprint density at radius 1 is 1.20 bits per heavy atom. The summed E-state index contributed by atoms with van der Waals surface area (Å²) in [6, 6.07) is 14.4. The van der Waals surface area contributed by atoms with Crippen LogP contribution in [0.4, 0.5) is 0 Å². The van der Waals surface area contributed by atoms with Gasteiger partial charge in [0.1, 0.15) is 0 Å². The zero-order valence-corrected chi connectivity index (χ0v) is 15.8. The Labute approximate surface area is 156 Å². The summed E-state index contributed by atoms with van der Waals surface area (Å²) in [6.45, 7) is 3.80. The molecule has 2 aromatic carbocycles. The van der Waals surface area contributed by atoms with Crippen molar-refractivity contribution in [3.8, 4) is 0 Å². The SMILES string of the molecule is Cc1ccccc1[C@@H]1CCN(C(=O)c2ccc3ncsc3c2)CCS1. The maximum atomic E-state index is 12.9. The molecule has 3 nitrogen and oxygen atoms in total. The van der Waals surface area contributed by atoms with E-state index in [4.69, 9.17) is 0 Å². The van der Waals surface area contributed by atoms with Gasteiger partial charge in [0.05, 0.1) is 15.7 Å². The lowest BCUT2D eigenvalue weighted by atomic mass is 10.0. The van der Waals surface area contributed by atoms with Crippen LogP contribution in [0.3, 0.4) is 0 Å². The zero-order valence-electron chi connectivity index (χ0n) is 14.1. The van der Waals surface area contributed by atoms with Crippen LogP contribution in [0.5, 0.6) is 0 Å². The average molecular weight is 369 g/mol. The molecule has 1 atom stereocenters. The molecule has 0 radical (unpaired) electrons. The molecule has 1 saturated heterocycles. The summed E-state index contributed by atoms with van der Waals surface area (Å²) in [4.78, 5) is 19.2. The van der Waals surface area contributed by atoms with Crippen molar-refractivity contribution in [2.45, 2.75) is 18.6 Å². The molecule has 0 N–H and O–H groups in total. The van der Waals surface area contributed by atoms with Crippen LogP contribution in [0.25, 0.3) is 10.2 Å². The number of amides is 1. The first-order chi connectivity index (χ1) is 12.2. The number of nitrogens with zero attached hydrogens (tertiary/aromatic N) is 2. The molecule has 4 rings (SSSR count). The molecule has 128 valence electrons. The monoisotopic (exact) mass is 368 g/mol. The maximum Gasteiger partial charge on any atom is 0.253 e. The zero-order chi connectivity index (χ0) is 17.2. The van der Waals surface area contributed by atoms with Gasteiger partial charge in [-0.3, -0.25) is 4.79 Å². The molecule has 1 amide bonds. The van der Waals surface area contributed by atoms with E-state index in [1.54, 1.807) is 11.3 Å². The molecule has 0 aliphatic carbocycles. The number of hydrogen-bond donors (Lipinski definition) is 0. The molecule has 0 unspecified atom stereocenters. The van der Waals surface area contributed by atoms with Crippen LogP contribution in [-0.4, -0.2) is 34.6 Å². The molecule has 1 fully saturated rings. The van der Waals surface area contributed by atoms with Gasteiger partial charge < -0.3 is 4.90 Å². The highest BCUT2D eigenvalue weighted by atomic mass is 32.2. The van der Waals surface area contributed by atoms with Gasteiger partial charge in [0.2, 0.25) is 0 Å². The van der Waals surface area contributed by atoms with E-state index in [1.165, 1.54) is 11.1 Å². The van der Waals surface area contributed by atoms with Crippen LogP contribution in [0.2, 0.25) is 0 Å². The summed E-state index contributed by atoms with van der Waals surface area (Å²) in [5.41, 5.74) is 6.32. The van der Waals surface area contributed by atoms with Gasteiger partial charge in [-0.15, -0.1) is 11.3 Å². The second-order valence-electron chi connectivity index (χ2n) is 6.33. The van der Waals surface area contributed by atoms with E-state index in [0.29, 0.717) is 5.25 Å². The number of fused-ring (bicyclic) bond motifs is 1. The van der Waals surface area contributed by atoms with Crippen LogP contribution < -0.4 is 0 Å². The van der Waals surface area contributed by atoms with Crippen molar-refractivity contribution in [3.05, 3.63) is 64.7 Å². The number of rotatable bonds is 2. The number of carbonyl (C=O) groups is 1. The Balaban J connectivity index is 1.50. The molecule has 0 saturated carbocycles. The third-order valence-electron chi connectivity index (χ3n) is 4.74. The summed E-state index contributed by atoms with van der Waals surface area (Å²) in [5, 5.41) is 0.475. The lowest BCUT2D eigenvalue weighted by Gasteiger charge is -2.20. The lowest BCUT2D eigenvalue weighted by molar-refractivity contribution is 0.0767. The van der Waals surface area contributed by atoms with Gasteiger partial charge in [-0.1, -0.05) is 24.3 Å². The van der Waals surface area contributed by atoms with Crippen molar-refractivity contribution in [1.82, 2.24) is 9.88 Å². The van der Waals surface area contributed by atoms with Crippen molar-refractivity contribution in [2.75, 3.05) is 18.8 Å². The van der Waals surface area contributed by atoms with E-state index in [1.807, 2.05) is 40.4 Å². The fraction of sp³-hybridized carbons (Fsp3) is 0.300. The molecule has 2 heterocycles. The molecule has 1 aliphatic heterocycles. The van der Waals surface area contributed by atoms with E-state index < -0.39 is 0 Å². The Hall–Kier alpha value is -1.85. The van der Waals surface area contributed by atoms with Gasteiger partial charge in [-0.2, -0.15) is 11.8 Å². The Morgan fingerprint density at radius 3 is 2.96 bits per heavy atom. The van der Waals surface area contributed by atoms with E-state index in [-0.39, 0.29) is 5.91 Å². The van der Waals surface area contributed by atoms with E-state index in [2.05, 4.69) is 36.2 Å². The van der Waals surface area contributed by atoms with E-state index >= 15 is 0 Å². The minimum atomic E-state index is 0.140. The summed E-state index contributed by atoms with van der Waals surface area (Å²) in [5.74, 6) is 1.12. The first-order valence-electron chi connectivity index (χ1n) is 8.52. The summed E-state index contributed by atoms with van der Waals surface area (Å²) in [7, 11) is 0.